The second-order valence-electron chi connectivity index (χ2n) is 2.47. The number of rotatable bonds is 3. The van der Waals surface area contributed by atoms with Crippen molar-refractivity contribution in [3.8, 4) is 5.75 Å². The number of phenols is 1. The molecule has 1 aromatic carbocycles. The summed E-state index contributed by atoms with van der Waals surface area (Å²) in [6.07, 6.45) is 0. The molecule has 1 aromatic rings. The molecule has 0 fully saturated rings. The molecule has 0 bridgehead atoms. The lowest BCUT2D eigenvalue weighted by Crippen LogP contribution is -2.10. The quantitative estimate of drug-likeness (QED) is 0.399. The Hall–Kier alpha value is -0.760. The molecule has 0 amide bonds. The van der Waals surface area contributed by atoms with Crippen LogP contribution < -0.4 is 0 Å². The van der Waals surface area contributed by atoms with Gasteiger partial charge < -0.3 is 5.11 Å². The van der Waals surface area contributed by atoms with Crippen LogP contribution in [0, 0.1) is 0 Å². The van der Waals surface area contributed by atoms with Gasteiger partial charge in [0, 0.05) is 4.47 Å². The Morgan fingerprint density at radius 3 is 1.44 bits per heavy atom. The monoisotopic (exact) mass is 366 g/mol. The topological polar surface area (TPSA) is 147 Å². The van der Waals surface area contributed by atoms with Crippen LogP contribution in [0.15, 0.2) is 28.7 Å². The van der Waals surface area contributed by atoms with Gasteiger partial charge in [-0.1, -0.05) is 24.6 Å². The highest BCUT2D eigenvalue weighted by molar-refractivity contribution is 9.10. The first-order chi connectivity index (χ1) is 7.99. The number of hydrogen-bond acceptors (Lipinski definition) is 7. The zero-order chi connectivity index (χ0) is 14.4. The van der Waals surface area contributed by atoms with Gasteiger partial charge >= 0.3 is 20.8 Å². The van der Waals surface area contributed by atoms with Crippen LogP contribution in [-0.2, 0) is 29.5 Å². The average Bonchev–Trinajstić information content (AvgIpc) is 2.19. The Balaban J connectivity index is 0.000000327. The summed E-state index contributed by atoms with van der Waals surface area (Å²) in [5.74, 6) is 0.299. The Bertz CT molecular complexity index is 509. The van der Waals surface area contributed by atoms with Crippen LogP contribution in [0.3, 0.4) is 0 Å². The first-order valence-corrected chi connectivity index (χ1v) is 7.29. The summed E-state index contributed by atoms with van der Waals surface area (Å²) < 4.78 is 59.9. The van der Waals surface area contributed by atoms with Crippen molar-refractivity contribution >= 4 is 36.7 Å². The molecule has 0 unspecified atom stereocenters. The van der Waals surface area contributed by atoms with E-state index in [2.05, 4.69) is 24.6 Å². The third-order valence-electron chi connectivity index (χ3n) is 1.03. The molecule has 0 atom stereocenters. The van der Waals surface area contributed by atoms with E-state index in [9.17, 15) is 16.8 Å². The Morgan fingerprint density at radius 2 is 1.22 bits per heavy atom. The predicted octanol–water partition coefficient (Wildman–Crippen LogP) is 0.695. The highest BCUT2D eigenvalue weighted by Gasteiger charge is 2.13. The molecule has 0 aliphatic carbocycles. The van der Waals surface area contributed by atoms with Crippen molar-refractivity contribution in [1.82, 2.24) is 0 Å². The molecule has 0 heterocycles. The Morgan fingerprint density at radius 1 is 0.889 bits per heavy atom. The molecule has 0 radical (unpaired) electrons. The number of benzene rings is 1. The molecule has 0 aromatic heterocycles. The summed E-state index contributed by atoms with van der Waals surface area (Å²) in [5, 5.41) is 8.74. The lowest BCUT2D eigenvalue weighted by atomic mass is 10.3. The maximum atomic E-state index is 9.51. The van der Waals surface area contributed by atoms with Gasteiger partial charge in [-0.25, -0.2) is 0 Å². The molecular weight excluding hydrogens is 360 g/mol. The van der Waals surface area contributed by atoms with Crippen molar-refractivity contribution in [3.63, 3.8) is 0 Å². The Labute approximate surface area is 111 Å². The third kappa shape index (κ3) is 11.7. The molecule has 18 heavy (non-hydrogen) atoms. The van der Waals surface area contributed by atoms with E-state index in [-0.39, 0.29) is 0 Å². The molecule has 0 saturated heterocycles. The molecule has 104 valence electrons. The minimum Gasteiger partial charge on any atom is -0.508 e. The maximum absolute atomic E-state index is 9.51. The molecule has 0 aliphatic heterocycles. The van der Waals surface area contributed by atoms with Gasteiger partial charge in [-0.05, 0) is 24.3 Å². The van der Waals surface area contributed by atoms with Crippen molar-refractivity contribution in [2.24, 2.45) is 0 Å². The summed E-state index contributed by atoms with van der Waals surface area (Å²) in [6.45, 7) is 0. The van der Waals surface area contributed by atoms with E-state index in [1.165, 1.54) is 0 Å². The Kier molecular flexibility index (Phi) is 6.69. The van der Waals surface area contributed by atoms with E-state index in [0.29, 0.717) is 5.75 Å². The second-order valence-corrected chi connectivity index (χ2v) is 5.37. The summed E-state index contributed by atoms with van der Waals surface area (Å²) in [7, 11) is -10.0. The fourth-order valence-corrected chi connectivity index (χ4v) is 1.34. The van der Waals surface area contributed by atoms with E-state index in [0.717, 1.165) is 4.47 Å². The zero-order valence-electron chi connectivity index (χ0n) is 8.29. The lowest BCUT2D eigenvalue weighted by molar-refractivity contribution is -0.105. The highest BCUT2D eigenvalue weighted by atomic mass is 79.9. The van der Waals surface area contributed by atoms with E-state index in [4.69, 9.17) is 14.2 Å². The van der Waals surface area contributed by atoms with Crippen LogP contribution in [0.5, 0.6) is 5.75 Å². The average molecular weight is 367 g/mol. The van der Waals surface area contributed by atoms with Crippen LogP contribution in [0.1, 0.15) is 0 Å². The fraction of sp³-hybridized carbons (Fsp3) is 0. The number of halogens is 1. The molecule has 0 saturated carbocycles. The van der Waals surface area contributed by atoms with Crippen LogP contribution in [-0.4, -0.2) is 31.0 Å². The molecule has 0 aliphatic rings. The van der Waals surface area contributed by atoms with E-state index in [1.54, 1.807) is 24.3 Å². The van der Waals surface area contributed by atoms with Gasteiger partial charge in [-0.15, -0.1) is 0 Å². The third-order valence-corrected chi connectivity index (χ3v) is 2.12. The SMILES string of the molecule is O=S(=O)(O)OOS(=O)(=O)O.Oc1ccc(Br)cc1. The van der Waals surface area contributed by atoms with E-state index < -0.39 is 20.8 Å². The number of hydrogen-bond donors (Lipinski definition) is 3. The highest BCUT2D eigenvalue weighted by Crippen LogP contribution is 2.13. The van der Waals surface area contributed by atoms with Crippen molar-refractivity contribution in [3.05, 3.63) is 28.7 Å². The lowest BCUT2D eigenvalue weighted by Gasteiger charge is -1.92. The van der Waals surface area contributed by atoms with Gasteiger partial charge in [-0.2, -0.15) is 16.8 Å². The van der Waals surface area contributed by atoms with Gasteiger partial charge in [0.15, 0.2) is 0 Å². The maximum Gasteiger partial charge on any atom is 0.425 e. The standard InChI is InChI=1S/C6H5BrO.H2O8S2/c7-5-1-3-6(8)4-2-5;1-9(2,3)7-8-10(4,5)6/h1-4,8H;(H,1,2,3)(H,4,5,6). The van der Waals surface area contributed by atoms with E-state index >= 15 is 0 Å². The van der Waals surface area contributed by atoms with Crippen molar-refractivity contribution in [1.29, 1.82) is 0 Å². The van der Waals surface area contributed by atoms with Crippen LogP contribution >= 0.6 is 15.9 Å². The number of phenolic OH excluding ortho intramolecular Hbond substituents is 1. The van der Waals surface area contributed by atoms with E-state index in [1.807, 2.05) is 0 Å². The van der Waals surface area contributed by atoms with Crippen LogP contribution in [0.2, 0.25) is 0 Å². The summed E-state index contributed by atoms with van der Waals surface area (Å²) >= 11 is 3.23. The van der Waals surface area contributed by atoms with Crippen molar-refractivity contribution in [2.75, 3.05) is 0 Å². The van der Waals surface area contributed by atoms with Gasteiger partial charge in [0.2, 0.25) is 0 Å². The number of aromatic hydroxyl groups is 1. The van der Waals surface area contributed by atoms with Gasteiger partial charge in [0.1, 0.15) is 5.75 Å². The van der Waals surface area contributed by atoms with Crippen molar-refractivity contribution in [2.45, 2.75) is 0 Å². The summed E-state index contributed by atoms with van der Waals surface area (Å²) in [4.78, 5) is 0. The minimum atomic E-state index is -5.02. The minimum absolute atomic E-state index is 0.299. The second kappa shape index (κ2) is 6.98. The molecule has 12 heteroatoms. The van der Waals surface area contributed by atoms with Gasteiger partial charge in [0.05, 0.1) is 0 Å². The van der Waals surface area contributed by atoms with Crippen LogP contribution in [0.4, 0.5) is 0 Å². The summed E-state index contributed by atoms with van der Waals surface area (Å²) in [6, 6.07) is 6.83. The van der Waals surface area contributed by atoms with Crippen molar-refractivity contribution < 1.29 is 39.7 Å². The smallest absolute Gasteiger partial charge is 0.425 e. The van der Waals surface area contributed by atoms with Crippen LogP contribution in [0.25, 0.3) is 0 Å². The fourth-order valence-electron chi connectivity index (χ4n) is 0.511. The van der Waals surface area contributed by atoms with Gasteiger partial charge in [-0.3, -0.25) is 9.11 Å². The molecule has 1 rings (SSSR count). The normalized spacial score (nSPS) is 11.5. The molecular formula is C6H7BrO9S2. The summed E-state index contributed by atoms with van der Waals surface area (Å²) in [5.41, 5.74) is 0. The molecule has 0 spiro atoms. The molecule has 3 N–H and O–H groups in total. The first kappa shape index (κ1) is 17.2. The van der Waals surface area contributed by atoms with Gasteiger partial charge in [0.25, 0.3) is 0 Å². The zero-order valence-corrected chi connectivity index (χ0v) is 11.5. The molecule has 9 nitrogen and oxygen atoms in total. The largest absolute Gasteiger partial charge is 0.508 e. The first-order valence-electron chi connectivity index (χ1n) is 3.77. The predicted molar refractivity (Wildman–Crippen MR) is 61.1 cm³/mol.